The van der Waals surface area contributed by atoms with Crippen LogP contribution in [0.25, 0.3) is 10.9 Å². The molecule has 0 atom stereocenters. The molecule has 0 saturated carbocycles. The fourth-order valence-corrected chi connectivity index (χ4v) is 3.88. The summed E-state index contributed by atoms with van der Waals surface area (Å²) in [6.07, 6.45) is 1.30. The highest BCUT2D eigenvalue weighted by Crippen LogP contribution is 2.23. The van der Waals surface area contributed by atoms with Crippen molar-refractivity contribution in [2.24, 2.45) is 0 Å². The normalized spacial score (nSPS) is 14.3. The number of aromatic nitrogens is 1. The number of piperazine rings is 1. The highest BCUT2D eigenvalue weighted by atomic mass is 16.5. The Labute approximate surface area is 171 Å². The van der Waals surface area contributed by atoms with Gasteiger partial charge in [-0.05, 0) is 48.7 Å². The monoisotopic (exact) mass is 389 g/mol. The van der Waals surface area contributed by atoms with Crippen molar-refractivity contribution >= 4 is 22.6 Å². The molecule has 1 aliphatic rings. The molecular formula is C24H27N3O2. The number of pyridine rings is 1. The van der Waals surface area contributed by atoms with Crippen LogP contribution in [0.4, 0.5) is 5.82 Å². The molecule has 3 aromatic rings. The van der Waals surface area contributed by atoms with Crippen LogP contribution in [0.15, 0.2) is 54.6 Å². The minimum Gasteiger partial charge on any atom is -0.497 e. The van der Waals surface area contributed by atoms with E-state index in [0.29, 0.717) is 6.42 Å². The second kappa shape index (κ2) is 8.52. The predicted octanol–water partition coefficient (Wildman–Crippen LogP) is 3.83. The van der Waals surface area contributed by atoms with Crippen molar-refractivity contribution in [1.29, 1.82) is 0 Å². The average Bonchev–Trinajstić information content (AvgIpc) is 2.78. The Morgan fingerprint density at radius 3 is 2.48 bits per heavy atom. The number of methoxy groups -OCH3 is 1. The number of aryl methyl sites for hydroxylation is 2. The number of carbonyl (C=O) groups is 1. The van der Waals surface area contributed by atoms with Gasteiger partial charge in [-0.15, -0.1) is 0 Å². The molecule has 2 heterocycles. The van der Waals surface area contributed by atoms with E-state index in [1.54, 1.807) is 7.11 Å². The fraction of sp³-hybridized carbons (Fsp3) is 0.333. The van der Waals surface area contributed by atoms with Crippen LogP contribution in [0.1, 0.15) is 17.5 Å². The lowest BCUT2D eigenvalue weighted by Gasteiger charge is -2.35. The molecule has 29 heavy (non-hydrogen) atoms. The van der Waals surface area contributed by atoms with E-state index < -0.39 is 0 Å². The number of carbonyl (C=O) groups excluding carboxylic acids is 1. The first-order chi connectivity index (χ1) is 14.1. The zero-order chi connectivity index (χ0) is 20.2. The van der Waals surface area contributed by atoms with E-state index in [4.69, 9.17) is 9.72 Å². The van der Waals surface area contributed by atoms with Gasteiger partial charge < -0.3 is 14.5 Å². The Morgan fingerprint density at radius 1 is 1.03 bits per heavy atom. The number of hydrogen-bond acceptors (Lipinski definition) is 4. The molecule has 1 amide bonds. The summed E-state index contributed by atoms with van der Waals surface area (Å²) in [5.74, 6) is 2.07. The third-order valence-corrected chi connectivity index (χ3v) is 5.65. The molecule has 1 aromatic heterocycles. The minimum absolute atomic E-state index is 0.225. The summed E-state index contributed by atoms with van der Waals surface area (Å²) in [5, 5.41) is 1.20. The van der Waals surface area contributed by atoms with Gasteiger partial charge in [-0.1, -0.05) is 30.3 Å². The summed E-state index contributed by atoms with van der Waals surface area (Å²) in [6.45, 7) is 5.26. The Bertz CT molecular complexity index is 993. The molecule has 5 heteroatoms. The largest absolute Gasteiger partial charge is 0.497 e. The van der Waals surface area contributed by atoms with Crippen molar-refractivity contribution < 1.29 is 9.53 Å². The number of ether oxygens (including phenoxy) is 1. The van der Waals surface area contributed by atoms with Gasteiger partial charge in [0.05, 0.1) is 12.6 Å². The number of hydrogen-bond donors (Lipinski definition) is 0. The van der Waals surface area contributed by atoms with Crippen LogP contribution in [0.2, 0.25) is 0 Å². The molecular weight excluding hydrogens is 362 g/mol. The van der Waals surface area contributed by atoms with Crippen LogP contribution in [0.3, 0.4) is 0 Å². The lowest BCUT2D eigenvalue weighted by molar-refractivity contribution is -0.131. The van der Waals surface area contributed by atoms with Crippen molar-refractivity contribution in [1.82, 2.24) is 9.88 Å². The van der Waals surface area contributed by atoms with Gasteiger partial charge in [-0.2, -0.15) is 0 Å². The van der Waals surface area contributed by atoms with E-state index in [9.17, 15) is 4.79 Å². The summed E-state index contributed by atoms with van der Waals surface area (Å²) < 4.78 is 5.18. The van der Waals surface area contributed by atoms with E-state index in [0.717, 1.165) is 55.2 Å². The number of rotatable bonds is 5. The molecule has 1 aliphatic heterocycles. The van der Waals surface area contributed by atoms with E-state index in [1.165, 1.54) is 10.9 Å². The maximum atomic E-state index is 12.6. The standard InChI is InChI=1S/C24H27N3O2/c1-18-17-23(25-22-6-4-3-5-21(18)22)26-13-15-27(16-14-26)24(28)12-9-19-7-10-20(29-2)11-8-19/h3-8,10-11,17H,9,12-16H2,1-2H3. The summed E-state index contributed by atoms with van der Waals surface area (Å²) in [4.78, 5) is 21.7. The summed E-state index contributed by atoms with van der Waals surface area (Å²) in [6, 6.07) is 18.3. The van der Waals surface area contributed by atoms with Crippen LogP contribution >= 0.6 is 0 Å². The summed E-state index contributed by atoms with van der Waals surface area (Å²) in [5.41, 5.74) is 3.43. The third kappa shape index (κ3) is 4.34. The Kier molecular flexibility index (Phi) is 5.65. The number of fused-ring (bicyclic) bond motifs is 1. The third-order valence-electron chi connectivity index (χ3n) is 5.65. The van der Waals surface area contributed by atoms with Crippen LogP contribution in [0.5, 0.6) is 5.75 Å². The average molecular weight is 389 g/mol. The van der Waals surface area contributed by atoms with E-state index in [-0.39, 0.29) is 5.91 Å². The Balaban J connectivity index is 1.33. The first-order valence-corrected chi connectivity index (χ1v) is 10.2. The number of benzene rings is 2. The van der Waals surface area contributed by atoms with Gasteiger partial charge in [0.15, 0.2) is 0 Å². The van der Waals surface area contributed by atoms with Gasteiger partial charge in [0.25, 0.3) is 0 Å². The number of amides is 1. The lowest BCUT2D eigenvalue weighted by Crippen LogP contribution is -2.49. The van der Waals surface area contributed by atoms with Gasteiger partial charge in [-0.3, -0.25) is 4.79 Å². The quantitative estimate of drug-likeness (QED) is 0.665. The smallest absolute Gasteiger partial charge is 0.223 e. The predicted molar refractivity (Wildman–Crippen MR) is 117 cm³/mol. The van der Waals surface area contributed by atoms with Gasteiger partial charge >= 0.3 is 0 Å². The van der Waals surface area contributed by atoms with Gasteiger partial charge in [0, 0.05) is 38.0 Å². The topological polar surface area (TPSA) is 45.7 Å². The molecule has 1 saturated heterocycles. The van der Waals surface area contributed by atoms with Crippen molar-refractivity contribution in [3.63, 3.8) is 0 Å². The molecule has 0 aliphatic carbocycles. The molecule has 1 fully saturated rings. The molecule has 5 nitrogen and oxygen atoms in total. The lowest BCUT2D eigenvalue weighted by atomic mass is 10.1. The van der Waals surface area contributed by atoms with Gasteiger partial charge in [0.1, 0.15) is 11.6 Å². The second-order valence-electron chi connectivity index (χ2n) is 7.53. The molecule has 0 N–H and O–H groups in total. The summed E-state index contributed by atoms with van der Waals surface area (Å²) >= 11 is 0. The number of anilines is 1. The summed E-state index contributed by atoms with van der Waals surface area (Å²) in [7, 11) is 1.66. The van der Waals surface area contributed by atoms with Gasteiger partial charge in [-0.25, -0.2) is 4.98 Å². The maximum absolute atomic E-state index is 12.6. The van der Waals surface area contributed by atoms with Crippen LogP contribution in [0, 0.1) is 6.92 Å². The molecule has 0 radical (unpaired) electrons. The molecule has 0 unspecified atom stereocenters. The zero-order valence-electron chi connectivity index (χ0n) is 17.1. The number of nitrogens with zero attached hydrogens (tertiary/aromatic N) is 3. The van der Waals surface area contributed by atoms with Crippen LogP contribution < -0.4 is 9.64 Å². The minimum atomic E-state index is 0.225. The number of para-hydroxylation sites is 1. The molecule has 0 bridgehead atoms. The van der Waals surface area contributed by atoms with Gasteiger partial charge in [0.2, 0.25) is 5.91 Å². The van der Waals surface area contributed by atoms with E-state index in [1.807, 2.05) is 41.3 Å². The molecule has 4 rings (SSSR count). The molecule has 0 spiro atoms. The van der Waals surface area contributed by atoms with E-state index in [2.05, 4.69) is 30.0 Å². The first kappa shape index (κ1) is 19.2. The fourth-order valence-electron chi connectivity index (χ4n) is 3.88. The molecule has 150 valence electrons. The Hall–Kier alpha value is -3.08. The van der Waals surface area contributed by atoms with Crippen molar-refractivity contribution in [2.45, 2.75) is 19.8 Å². The first-order valence-electron chi connectivity index (χ1n) is 10.2. The maximum Gasteiger partial charge on any atom is 0.223 e. The second-order valence-corrected chi connectivity index (χ2v) is 7.53. The molecule has 2 aromatic carbocycles. The van der Waals surface area contributed by atoms with Crippen LogP contribution in [-0.2, 0) is 11.2 Å². The van der Waals surface area contributed by atoms with E-state index >= 15 is 0 Å². The highest BCUT2D eigenvalue weighted by Gasteiger charge is 2.22. The van der Waals surface area contributed by atoms with Crippen LogP contribution in [-0.4, -0.2) is 49.1 Å². The zero-order valence-corrected chi connectivity index (χ0v) is 17.1. The van der Waals surface area contributed by atoms with Crippen molar-refractivity contribution in [2.75, 3.05) is 38.2 Å². The Morgan fingerprint density at radius 2 is 1.76 bits per heavy atom. The highest BCUT2D eigenvalue weighted by molar-refractivity contribution is 5.84. The van der Waals surface area contributed by atoms with Crippen molar-refractivity contribution in [3.8, 4) is 5.75 Å². The van der Waals surface area contributed by atoms with Crippen molar-refractivity contribution in [3.05, 3.63) is 65.7 Å². The SMILES string of the molecule is COc1ccc(CCC(=O)N2CCN(c3cc(C)c4ccccc4n3)CC2)cc1.